The molecule has 228 valence electrons. The smallest absolute Gasteiger partial charge is 0.410 e. The van der Waals surface area contributed by atoms with Crippen LogP contribution >= 0.6 is 0 Å². The van der Waals surface area contributed by atoms with Crippen molar-refractivity contribution in [2.45, 2.75) is 97.0 Å². The van der Waals surface area contributed by atoms with Gasteiger partial charge in [0, 0.05) is 7.05 Å². The fourth-order valence-corrected chi connectivity index (χ4v) is 6.74. The minimum atomic E-state index is -3.73. The van der Waals surface area contributed by atoms with Crippen molar-refractivity contribution in [2.24, 2.45) is 5.92 Å². The Hall–Kier alpha value is -3.15. The molecule has 4 amide bonds. The van der Waals surface area contributed by atoms with Crippen LogP contribution in [0.5, 0.6) is 0 Å². The molecule has 1 saturated heterocycles. The largest absolute Gasteiger partial charge is 0.444 e. The van der Waals surface area contributed by atoms with Crippen LogP contribution in [-0.4, -0.2) is 84.4 Å². The highest BCUT2D eigenvalue weighted by molar-refractivity contribution is 7.91. The van der Waals surface area contributed by atoms with Gasteiger partial charge in [-0.15, -0.1) is 0 Å². The van der Waals surface area contributed by atoms with E-state index in [2.05, 4.69) is 10.6 Å². The van der Waals surface area contributed by atoms with Crippen molar-refractivity contribution in [3.63, 3.8) is 0 Å². The molecule has 2 N–H and O–H groups in total. The Morgan fingerprint density at radius 2 is 1.80 bits per heavy atom. The quantitative estimate of drug-likeness (QED) is 0.472. The van der Waals surface area contributed by atoms with E-state index >= 15 is 0 Å². The number of benzene rings is 1. The molecule has 12 heteroatoms. The number of nitrogens with one attached hydrogen (secondary N) is 2. The highest BCUT2D eigenvalue weighted by Crippen LogP contribution is 2.30. The molecule has 0 bridgehead atoms. The lowest BCUT2D eigenvalue weighted by molar-refractivity contribution is -0.143. The number of sulfone groups is 1. The molecule has 5 unspecified atom stereocenters. The number of hydrogen-bond donors (Lipinski definition) is 2. The molecule has 0 radical (unpaired) electrons. The summed E-state index contributed by atoms with van der Waals surface area (Å²) in [5.74, 6) is -3.25. The van der Waals surface area contributed by atoms with Crippen molar-refractivity contribution in [3.8, 4) is 0 Å². The van der Waals surface area contributed by atoms with E-state index in [0.717, 1.165) is 33.8 Å². The summed E-state index contributed by atoms with van der Waals surface area (Å²) in [6, 6.07) is 4.26. The molecule has 11 nitrogen and oxygen atoms in total. The van der Waals surface area contributed by atoms with Gasteiger partial charge in [0.1, 0.15) is 29.6 Å². The average molecular weight is 593 g/mol. The monoisotopic (exact) mass is 592 g/mol. The molecule has 1 aliphatic carbocycles. The highest BCUT2D eigenvalue weighted by atomic mass is 32.2. The second kappa shape index (κ2) is 12.8. The first-order valence-corrected chi connectivity index (χ1v) is 16.0. The van der Waals surface area contributed by atoms with Crippen LogP contribution in [0.25, 0.3) is 0 Å². The van der Waals surface area contributed by atoms with Gasteiger partial charge < -0.3 is 20.3 Å². The Kier molecular flexibility index (Phi) is 10.1. The summed E-state index contributed by atoms with van der Waals surface area (Å²) in [6.45, 7) is 10.3. The van der Waals surface area contributed by atoms with Gasteiger partial charge in [-0.05, 0) is 64.0 Å². The Morgan fingerprint density at radius 1 is 1.15 bits per heavy atom. The lowest BCUT2D eigenvalue weighted by Crippen LogP contribution is -2.58. The molecular formula is C29H44N4O7S. The van der Waals surface area contributed by atoms with Crippen LogP contribution < -0.4 is 10.6 Å². The molecule has 1 heterocycles. The summed E-state index contributed by atoms with van der Waals surface area (Å²) in [7, 11) is -2.30. The van der Waals surface area contributed by atoms with Crippen LogP contribution in [0.3, 0.4) is 0 Å². The summed E-state index contributed by atoms with van der Waals surface area (Å²) in [6.07, 6.45) is 2.31. The lowest BCUT2D eigenvalue weighted by Gasteiger charge is -2.33. The van der Waals surface area contributed by atoms with Crippen molar-refractivity contribution in [1.29, 1.82) is 0 Å². The lowest BCUT2D eigenvalue weighted by atomic mass is 9.87. The molecule has 5 atom stereocenters. The predicted octanol–water partition coefficient (Wildman–Crippen LogP) is 2.55. The van der Waals surface area contributed by atoms with E-state index in [0.29, 0.717) is 12.8 Å². The van der Waals surface area contributed by atoms with Gasteiger partial charge in [0.2, 0.25) is 17.7 Å². The number of carbonyl (C=O) groups excluding carboxylic acids is 4. The summed E-state index contributed by atoms with van der Waals surface area (Å²) >= 11 is 0. The zero-order valence-electron chi connectivity index (χ0n) is 25.1. The van der Waals surface area contributed by atoms with Crippen molar-refractivity contribution in [3.05, 3.63) is 35.4 Å². The van der Waals surface area contributed by atoms with Crippen LogP contribution in [-0.2, 0) is 35.4 Å². The van der Waals surface area contributed by atoms with Gasteiger partial charge in [-0.3, -0.25) is 19.3 Å². The summed E-state index contributed by atoms with van der Waals surface area (Å²) in [5, 5.41) is 5.70. The van der Waals surface area contributed by atoms with Gasteiger partial charge in [0.15, 0.2) is 9.84 Å². The molecule has 1 aromatic rings. The van der Waals surface area contributed by atoms with Gasteiger partial charge in [-0.1, -0.05) is 44.5 Å². The van der Waals surface area contributed by atoms with Gasteiger partial charge in [0.25, 0.3) is 0 Å². The van der Waals surface area contributed by atoms with E-state index < -0.39 is 69.0 Å². The first kappa shape index (κ1) is 32.4. The number of rotatable bonds is 8. The van der Waals surface area contributed by atoms with Crippen LogP contribution in [0.4, 0.5) is 4.79 Å². The second-order valence-corrected chi connectivity index (χ2v) is 14.2. The summed E-state index contributed by atoms with van der Waals surface area (Å²) in [5.41, 5.74) is 1.38. The van der Waals surface area contributed by atoms with E-state index in [1.54, 1.807) is 27.7 Å². The minimum Gasteiger partial charge on any atom is -0.444 e. The maximum Gasteiger partial charge on any atom is 0.410 e. The fourth-order valence-electron chi connectivity index (χ4n) is 5.09. The van der Waals surface area contributed by atoms with E-state index in [4.69, 9.17) is 4.74 Å². The highest BCUT2D eigenvalue weighted by Gasteiger charge is 2.46. The van der Waals surface area contributed by atoms with Crippen LogP contribution in [0, 0.1) is 5.92 Å². The number of amides is 4. The number of likely N-dealkylation sites (N-methyl/N-ethyl adjacent to an activating group) is 1. The Balaban J connectivity index is 1.79. The number of ether oxygens (including phenoxy) is 1. The van der Waals surface area contributed by atoms with Crippen molar-refractivity contribution >= 4 is 33.7 Å². The Labute approximate surface area is 243 Å². The number of carbonyl (C=O) groups is 4. The predicted molar refractivity (Wildman–Crippen MR) is 154 cm³/mol. The summed E-state index contributed by atoms with van der Waals surface area (Å²) < 4.78 is 30.7. The fraction of sp³-hybridized carbons (Fsp3) is 0.655. The zero-order chi connectivity index (χ0) is 30.7. The zero-order valence-corrected chi connectivity index (χ0v) is 25.9. The standard InChI is InChI=1S/C29H44N4O7S/c1-8-18(2)24(31-25(34)19(3)32(7)28(37)40-29(4,5)6)27(36)33-17-41(38,39)16-23(33)26(35)30-22-15-11-13-20-12-9-10-14-21(20)22/h9-10,12,14,18-19,22-24H,8,11,13,15-17H2,1-7H3,(H,30,35)(H,31,34). The topological polar surface area (TPSA) is 142 Å². The summed E-state index contributed by atoms with van der Waals surface area (Å²) in [4.78, 5) is 55.2. The molecule has 41 heavy (non-hydrogen) atoms. The maximum atomic E-state index is 13.9. The van der Waals surface area contributed by atoms with Crippen molar-refractivity contribution < 1.29 is 32.3 Å². The van der Waals surface area contributed by atoms with Gasteiger partial charge >= 0.3 is 6.09 Å². The van der Waals surface area contributed by atoms with Gasteiger partial charge in [-0.2, -0.15) is 0 Å². The van der Waals surface area contributed by atoms with E-state index in [-0.39, 0.29) is 12.0 Å². The first-order valence-electron chi connectivity index (χ1n) is 14.2. The number of fused-ring (bicyclic) bond motifs is 1. The third-order valence-corrected chi connectivity index (χ3v) is 9.31. The minimum absolute atomic E-state index is 0.276. The van der Waals surface area contributed by atoms with Crippen LogP contribution in [0.2, 0.25) is 0 Å². The van der Waals surface area contributed by atoms with E-state index in [1.165, 1.54) is 14.0 Å². The van der Waals surface area contributed by atoms with Crippen molar-refractivity contribution in [1.82, 2.24) is 20.4 Å². The van der Waals surface area contributed by atoms with Gasteiger partial charge in [0.05, 0.1) is 11.8 Å². The number of aryl methyl sites for hydroxylation is 1. The number of hydrogen-bond acceptors (Lipinski definition) is 7. The third kappa shape index (κ3) is 7.99. The van der Waals surface area contributed by atoms with Gasteiger partial charge in [-0.25, -0.2) is 13.2 Å². The maximum absolute atomic E-state index is 13.9. The number of nitrogens with zero attached hydrogens (tertiary/aromatic N) is 2. The molecule has 2 aliphatic rings. The molecule has 0 spiro atoms. The Morgan fingerprint density at radius 3 is 2.44 bits per heavy atom. The van der Waals surface area contributed by atoms with E-state index in [1.807, 2.05) is 31.2 Å². The second-order valence-electron chi connectivity index (χ2n) is 12.2. The normalized spacial score (nSPS) is 22.1. The Bertz CT molecular complexity index is 1260. The van der Waals surface area contributed by atoms with Crippen LogP contribution in [0.15, 0.2) is 24.3 Å². The molecule has 0 aromatic heterocycles. The molecule has 1 aliphatic heterocycles. The average Bonchev–Trinajstić information content (AvgIpc) is 3.24. The SMILES string of the molecule is CCC(C)C(NC(=O)C(C)N(C)C(=O)OC(C)(C)C)C(=O)N1CS(=O)(=O)CC1C(=O)NC1CCCc2ccccc21. The first-order chi connectivity index (χ1) is 19.0. The molecular weight excluding hydrogens is 548 g/mol. The van der Waals surface area contributed by atoms with E-state index in [9.17, 15) is 27.6 Å². The molecule has 3 rings (SSSR count). The van der Waals surface area contributed by atoms with Crippen molar-refractivity contribution in [2.75, 3.05) is 18.7 Å². The molecule has 1 fully saturated rings. The molecule has 1 aromatic carbocycles. The third-order valence-electron chi connectivity index (χ3n) is 7.81. The molecule has 0 saturated carbocycles. The van der Waals surface area contributed by atoms with Crippen LogP contribution in [0.1, 0.15) is 78.0 Å².